The summed E-state index contributed by atoms with van der Waals surface area (Å²) >= 11 is 6.07. The fourth-order valence-corrected chi connectivity index (χ4v) is 3.47. The number of esters is 1. The van der Waals surface area contributed by atoms with Gasteiger partial charge >= 0.3 is 5.97 Å². The highest BCUT2D eigenvalue weighted by Crippen LogP contribution is 2.24. The van der Waals surface area contributed by atoms with Gasteiger partial charge in [-0.25, -0.2) is 13.2 Å². The average Bonchev–Trinajstić information content (AvgIpc) is 2.64. The lowest BCUT2D eigenvalue weighted by atomic mass is 10.2. The normalized spacial score (nSPS) is 11.0. The number of para-hydroxylation sites is 1. The number of sulfonamides is 1. The van der Waals surface area contributed by atoms with Gasteiger partial charge in [-0.1, -0.05) is 48.0 Å². The lowest BCUT2D eigenvalue weighted by molar-refractivity contribution is 0.0735. The van der Waals surface area contributed by atoms with Crippen LogP contribution in [0.3, 0.4) is 0 Å². The Morgan fingerprint density at radius 1 is 0.885 bits per heavy atom. The number of hydrogen-bond donors (Lipinski definition) is 1. The van der Waals surface area contributed by atoms with E-state index in [-0.39, 0.29) is 21.2 Å². The Bertz CT molecular complexity index is 1020. The fourth-order valence-electron chi connectivity index (χ4n) is 2.21. The summed E-state index contributed by atoms with van der Waals surface area (Å²) < 4.78 is 32.5. The molecule has 0 saturated heterocycles. The van der Waals surface area contributed by atoms with Crippen LogP contribution in [-0.4, -0.2) is 14.4 Å². The number of halogens is 1. The van der Waals surface area contributed by atoms with Gasteiger partial charge in [-0.05, 0) is 42.5 Å². The predicted molar refractivity (Wildman–Crippen MR) is 100 cm³/mol. The minimum atomic E-state index is -3.77. The molecule has 0 unspecified atom stereocenters. The number of carbonyl (C=O) groups excluding carboxylic acids is 1. The Labute approximate surface area is 156 Å². The molecule has 0 spiro atoms. The topological polar surface area (TPSA) is 72.5 Å². The molecule has 0 aliphatic rings. The third kappa shape index (κ3) is 4.22. The largest absolute Gasteiger partial charge is 0.423 e. The smallest absolute Gasteiger partial charge is 0.345 e. The van der Waals surface area contributed by atoms with Crippen molar-refractivity contribution in [2.75, 3.05) is 4.72 Å². The molecule has 0 heterocycles. The van der Waals surface area contributed by atoms with Crippen LogP contribution >= 0.6 is 11.6 Å². The first kappa shape index (κ1) is 18.0. The lowest BCUT2D eigenvalue weighted by Gasteiger charge is -2.11. The predicted octanol–water partition coefficient (Wildman–Crippen LogP) is 4.36. The zero-order chi connectivity index (χ0) is 18.6. The van der Waals surface area contributed by atoms with Gasteiger partial charge in [-0.2, -0.15) is 0 Å². The number of ether oxygens (including phenoxy) is 1. The molecule has 132 valence electrons. The molecule has 0 aliphatic carbocycles. The van der Waals surface area contributed by atoms with Crippen LogP contribution in [0.4, 0.5) is 5.69 Å². The molecular formula is C19H14ClNO4S. The molecule has 26 heavy (non-hydrogen) atoms. The second-order valence-electron chi connectivity index (χ2n) is 5.32. The van der Waals surface area contributed by atoms with Gasteiger partial charge < -0.3 is 4.74 Å². The zero-order valence-corrected chi connectivity index (χ0v) is 15.0. The standard InChI is InChI=1S/C19H14ClNO4S/c20-18-12-11-14(21-26(23,24)16-9-5-2-6-10-16)13-17(18)19(22)25-15-7-3-1-4-8-15/h1-13,21H. The number of anilines is 1. The maximum atomic E-state index is 12.4. The van der Waals surface area contributed by atoms with Gasteiger partial charge in [0.15, 0.2) is 0 Å². The van der Waals surface area contributed by atoms with Gasteiger partial charge in [0.05, 0.1) is 15.5 Å². The number of rotatable bonds is 5. The third-order valence-corrected chi connectivity index (χ3v) is 5.17. The first-order valence-electron chi connectivity index (χ1n) is 7.60. The summed E-state index contributed by atoms with van der Waals surface area (Å²) in [5.41, 5.74) is 0.266. The van der Waals surface area contributed by atoms with E-state index in [1.165, 1.54) is 30.3 Å². The highest BCUT2D eigenvalue weighted by molar-refractivity contribution is 7.92. The maximum Gasteiger partial charge on any atom is 0.345 e. The molecule has 0 amide bonds. The molecule has 5 nitrogen and oxygen atoms in total. The van der Waals surface area contributed by atoms with Crippen LogP contribution in [0.5, 0.6) is 5.75 Å². The van der Waals surface area contributed by atoms with Crippen molar-refractivity contribution >= 4 is 33.3 Å². The van der Waals surface area contributed by atoms with E-state index in [1.807, 2.05) is 0 Å². The Kier molecular flexibility index (Phi) is 5.25. The van der Waals surface area contributed by atoms with Crippen molar-refractivity contribution in [2.24, 2.45) is 0 Å². The molecule has 0 aromatic heterocycles. The maximum absolute atomic E-state index is 12.4. The lowest BCUT2D eigenvalue weighted by Crippen LogP contribution is -2.14. The quantitative estimate of drug-likeness (QED) is 0.521. The monoisotopic (exact) mass is 387 g/mol. The van der Waals surface area contributed by atoms with E-state index in [9.17, 15) is 13.2 Å². The van der Waals surface area contributed by atoms with Crippen molar-refractivity contribution in [1.29, 1.82) is 0 Å². The second-order valence-corrected chi connectivity index (χ2v) is 7.41. The Balaban J connectivity index is 1.85. The fraction of sp³-hybridized carbons (Fsp3) is 0. The van der Waals surface area contributed by atoms with E-state index in [0.717, 1.165) is 0 Å². The highest BCUT2D eigenvalue weighted by Gasteiger charge is 2.17. The minimum absolute atomic E-state index is 0.0591. The van der Waals surface area contributed by atoms with Crippen LogP contribution in [0.1, 0.15) is 10.4 Å². The van der Waals surface area contributed by atoms with Gasteiger partial charge in [-0.15, -0.1) is 0 Å². The molecule has 0 radical (unpaired) electrons. The van der Waals surface area contributed by atoms with Crippen molar-refractivity contribution < 1.29 is 17.9 Å². The van der Waals surface area contributed by atoms with E-state index < -0.39 is 16.0 Å². The first-order chi connectivity index (χ1) is 12.5. The number of hydrogen-bond acceptors (Lipinski definition) is 4. The van der Waals surface area contributed by atoms with Crippen LogP contribution in [0.2, 0.25) is 5.02 Å². The van der Waals surface area contributed by atoms with Gasteiger partial charge in [0.1, 0.15) is 5.75 Å². The van der Waals surface area contributed by atoms with E-state index in [4.69, 9.17) is 16.3 Å². The van der Waals surface area contributed by atoms with Crippen molar-refractivity contribution in [2.45, 2.75) is 4.90 Å². The zero-order valence-electron chi connectivity index (χ0n) is 13.4. The summed E-state index contributed by atoms with van der Waals surface area (Å²) in [5, 5.41) is 0.161. The Morgan fingerprint density at radius 2 is 1.50 bits per heavy atom. The van der Waals surface area contributed by atoms with Crippen LogP contribution < -0.4 is 9.46 Å². The van der Waals surface area contributed by atoms with Gasteiger partial charge in [0.2, 0.25) is 0 Å². The summed E-state index contributed by atoms with van der Waals surface area (Å²) in [6.45, 7) is 0. The van der Waals surface area contributed by atoms with Gasteiger partial charge in [0.25, 0.3) is 10.0 Å². The van der Waals surface area contributed by atoms with Gasteiger partial charge in [0, 0.05) is 5.69 Å². The molecule has 3 aromatic carbocycles. The molecule has 7 heteroatoms. The van der Waals surface area contributed by atoms with E-state index >= 15 is 0 Å². The molecule has 0 fully saturated rings. The van der Waals surface area contributed by atoms with E-state index in [1.54, 1.807) is 48.5 Å². The molecule has 3 aromatic rings. The van der Waals surface area contributed by atoms with Crippen molar-refractivity contribution in [1.82, 2.24) is 0 Å². The Hall–Kier alpha value is -2.83. The number of benzene rings is 3. The SMILES string of the molecule is O=C(Oc1ccccc1)c1cc(NS(=O)(=O)c2ccccc2)ccc1Cl. The molecule has 0 bridgehead atoms. The van der Waals surface area contributed by atoms with E-state index in [0.29, 0.717) is 5.75 Å². The highest BCUT2D eigenvalue weighted by atomic mass is 35.5. The second kappa shape index (κ2) is 7.59. The summed E-state index contributed by atoms with van der Waals surface area (Å²) in [4.78, 5) is 12.5. The first-order valence-corrected chi connectivity index (χ1v) is 9.46. The van der Waals surface area contributed by atoms with Crippen molar-refractivity contribution in [3.8, 4) is 5.75 Å². The molecular weight excluding hydrogens is 374 g/mol. The van der Waals surface area contributed by atoms with Crippen LogP contribution in [0.15, 0.2) is 83.8 Å². The minimum Gasteiger partial charge on any atom is -0.423 e. The molecule has 0 aliphatic heterocycles. The summed E-state index contributed by atoms with van der Waals surface area (Å²) in [6.07, 6.45) is 0. The van der Waals surface area contributed by atoms with Crippen molar-refractivity contribution in [3.05, 3.63) is 89.4 Å². The molecule has 3 rings (SSSR count). The molecule has 0 saturated carbocycles. The molecule has 0 atom stereocenters. The number of nitrogens with one attached hydrogen (secondary N) is 1. The summed E-state index contributed by atoms with van der Waals surface area (Å²) in [6, 6.07) is 20.7. The molecule has 1 N–H and O–H groups in total. The van der Waals surface area contributed by atoms with Gasteiger partial charge in [-0.3, -0.25) is 4.72 Å². The van der Waals surface area contributed by atoms with Crippen LogP contribution in [0.25, 0.3) is 0 Å². The van der Waals surface area contributed by atoms with Crippen LogP contribution in [0, 0.1) is 0 Å². The van der Waals surface area contributed by atoms with Crippen molar-refractivity contribution in [3.63, 3.8) is 0 Å². The number of carbonyl (C=O) groups is 1. The summed E-state index contributed by atoms with van der Waals surface area (Å²) in [7, 11) is -3.77. The Morgan fingerprint density at radius 3 is 2.15 bits per heavy atom. The average molecular weight is 388 g/mol. The summed E-state index contributed by atoms with van der Waals surface area (Å²) in [5.74, 6) is -0.314. The van der Waals surface area contributed by atoms with E-state index in [2.05, 4.69) is 4.72 Å². The third-order valence-electron chi connectivity index (χ3n) is 3.45. The van der Waals surface area contributed by atoms with Crippen LogP contribution in [-0.2, 0) is 10.0 Å².